The zero-order valence-electron chi connectivity index (χ0n) is 10.9. The fraction of sp³-hybridized carbons (Fsp3) is 0.0714. The maximum absolute atomic E-state index is 4.96. The average Bonchev–Trinajstić information content (AvgIpc) is 2.97. The normalized spacial score (nSPS) is 10.2. The average molecular weight is 267 g/mol. The molecule has 0 atom stereocenters. The summed E-state index contributed by atoms with van der Waals surface area (Å²) in [4.78, 5) is 0. The van der Waals surface area contributed by atoms with E-state index in [0.29, 0.717) is 17.5 Å². The van der Waals surface area contributed by atoms with E-state index in [1.165, 1.54) is 0 Å². The van der Waals surface area contributed by atoms with Crippen LogP contribution in [0.15, 0.2) is 48.5 Å². The highest BCUT2D eigenvalue weighted by Gasteiger charge is 2.04. The van der Waals surface area contributed by atoms with Crippen molar-refractivity contribution in [1.29, 1.82) is 0 Å². The molecule has 0 fully saturated rings. The minimum Gasteiger partial charge on any atom is -0.480 e. The molecule has 0 saturated heterocycles. The lowest BCUT2D eigenvalue weighted by Gasteiger charge is -2.01. The lowest BCUT2D eigenvalue weighted by molar-refractivity contribution is 0.392. The van der Waals surface area contributed by atoms with Gasteiger partial charge in [-0.25, -0.2) is 0 Å². The molecule has 0 aliphatic rings. The second-order valence-electron chi connectivity index (χ2n) is 4.12. The Morgan fingerprint density at radius 3 is 2.55 bits per heavy atom. The first-order chi connectivity index (χ1) is 9.85. The summed E-state index contributed by atoms with van der Waals surface area (Å²) < 4.78 is 4.96. The number of aromatic amines is 1. The van der Waals surface area contributed by atoms with E-state index in [1.54, 1.807) is 19.2 Å². The van der Waals surface area contributed by atoms with E-state index in [1.807, 2.05) is 36.4 Å². The van der Waals surface area contributed by atoms with Crippen LogP contribution in [0.4, 0.5) is 11.6 Å². The van der Waals surface area contributed by atoms with Crippen LogP contribution >= 0.6 is 0 Å². The van der Waals surface area contributed by atoms with Gasteiger partial charge in [0.05, 0.1) is 12.8 Å². The monoisotopic (exact) mass is 267 g/mol. The van der Waals surface area contributed by atoms with Crippen molar-refractivity contribution in [2.45, 2.75) is 0 Å². The molecular formula is C14H13N5O. The number of H-pyrrole nitrogens is 1. The van der Waals surface area contributed by atoms with Gasteiger partial charge in [-0.05, 0) is 11.6 Å². The lowest BCUT2D eigenvalue weighted by Crippen LogP contribution is -1.97. The van der Waals surface area contributed by atoms with Crippen molar-refractivity contribution in [3.63, 3.8) is 0 Å². The number of benzene rings is 1. The molecule has 0 aliphatic heterocycles. The Kier molecular flexibility index (Phi) is 3.28. The Balaban J connectivity index is 1.77. The van der Waals surface area contributed by atoms with E-state index >= 15 is 0 Å². The minimum atomic E-state index is 0.475. The van der Waals surface area contributed by atoms with E-state index in [9.17, 15) is 0 Å². The van der Waals surface area contributed by atoms with E-state index in [-0.39, 0.29) is 0 Å². The van der Waals surface area contributed by atoms with Crippen molar-refractivity contribution in [2.24, 2.45) is 0 Å². The first-order valence-electron chi connectivity index (χ1n) is 6.11. The van der Waals surface area contributed by atoms with Gasteiger partial charge in [0.25, 0.3) is 0 Å². The third kappa shape index (κ3) is 2.59. The van der Waals surface area contributed by atoms with Crippen LogP contribution < -0.4 is 10.1 Å². The molecule has 0 spiro atoms. The number of anilines is 2. The number of methoxy groups -OCH3 is 1. The fourth-order valence-electron chi connectivity index (χ4n) is 1.78. The summed E-state index contributed by atoms with van der Waals surface area (Å²) in [6.07, 6.45) is 0. The number of hydrogen-bond donors (Lipinski definition) is 2. The Labute approximate surface area is 115 Å². The standard InChI is InChI=1S/C14H13N5O/c1-20-14-8-7-12(17-19-14)15-13-9-11(16-18-13)10-5-3-2-4-6-10/h2-9H,1H3,(H2,15,16,17,18). The molecule has 0 aliphatic carbocycles. The SMILES string of the molecule is COc1ccc(Nc2cc(-c3ccccc3)[nH]n2)nn1. The van der Waals surface area contributed by atoms with Gasteiger partial charge in [0, 0.05) is 12.1 Å². The molecule has 0 saturated carbocycles. The predicted octanol–water partition coefficient (Wildman–Crippen LogP) is 2.62. The number of nitrogens with zero attached hydrogens (tertiary/aromatic N) is 3. The summed E-state index contributed by atoms with van der Waals surface area (Å²) >= 11 is 0. The smallest absolute Gasteiger partial charge is 0.233 e. The molecule has 0 unspecified atom stereocenters. The van der Waals surface area contributed by atoms with Crippen molar-refractivity contribution in [2.75, 3.05) is 12.4 Å². The molecule has 6 heteroatoms. The molecule has 1 aromatic carbocycles. The van der Waals surface area contributed by atoms with Gasteiger partial charge in [0.15, 0.2) is 11.6 Å². The lowest BCUT2D eigenvalue weighted by atomic mass is 10.2. The number of aromatic nitrogens is 4. The van der Waals surface area contributed by atoms with Crippen LogP contribution in [0.25, 0.3) is 11.3 Å². The zero-order valence-corrected chi connectivity index (χ0v) is 10.9. The maximum atomic E-state index is 4.96. The maximum Gasteiger partial charge on any atom is 0.233 e. The van der Waals surface area contributed by atoms with Crippen molar-refractivity contribution < 1.29 is 4.74 Å². The highest BCUT2D eigenvalue weighted by atomic mass is 16.5. The minimum absolute atomic E-state index is 0.475. The molecule has 100 valence electrons. The number of ether oxygens (including phenoxy) is 1. The Morgan fingerprint density at radius 1 is 1.00 bits per heavy atom. The van der Waals surface area contributed by atoms with Crippen molar-refractivity contribution in [3.8, 4) is 17.1 Å². The molecule has 0 radical (unpaired) electrons. The Bertz CT molecular complexity index is 678. The van der Waals surface area contributed by atoms with Crippen LogP contribution in [0.3, 0.4) is 0 Å². The van der Waals surface area contributed by atoms with Crippen LogP contribution in [-0.2, 0) is 0 Å². The van der Waals surface area contributed by atoms with Crippen LogP contribution in [0.1, 0.15) is 0 Å². The van der Waals surface area contributed by atoms with Gasteiger partial charge >= 0.3 is 0 Å². The van der Waals surface area contributed by atoms with Gasteiger partial charge in [-0.3, -0.25) is 5.10 Å². The van der Waals surface area contributed by atoms with Gasteiger partial charge in [0.1, 0.15) is 0 Å². The summed E-state index contributed by atoms with van der Waals surface area (Å²) in [7, 11) is 1.55. The quantitative estimate of drug-likeness (QED) is 0.760. The predicted molar refractivity (Wildman–Crippen MR) is 75.9 cm³/mol. The van der Waals surface area contributed by atoms with E-state index < -0.39 is 0 Å². The summed E-state index contributed by atoms with van der Waals surface area (Å²) in [6, 6.07) is 15.4. The number of rotatable bonds is 4. The molecule has 2 aromatic heterocycles. The molecule has 20 heavy (non-hydrogen) atoms. The van der Waals surface area contributed by atoms with Crippen LogP contribution in [0.2, 0.25) is 0 Å². The Morgan fingerprint density at radius 2 is 1.85 bits per heavy atom. The summed E-state index contributed by atoms with van der Waals surface area (Å²) in [6.45, 7) is 0. The second kappa shape index (κ2) is 5.40. The Hall–Kier alpha value is -2.89. The van der Waals surface area contributed by atoms with Crippen LogP contribution in [0, 0.1) is 0 Å². The first-order valence-corrected chi connectivity index (χ1v) is 6.11. The van der Waals surface area contributed by atoms with Gasteiger partial charge < -0.3 is 10.1 Å². The highest BCUT2D eigenvalue weighted by Crippen LogP contribution is 2.21. The van der Waals surface area contributed by atoms with Crippen LogP contribution in [0.5, 0.6) is 5.88 Å². The third-order valence-electron chi connectivity index (χ3n) is 2.77. The fourth-order valence-corrected chi connectivity index (χ4v) is 1.78. The van der Waals surface area contributed by atoms with E-state index in [2.05, 4.69) is 25.7 Å². The number of nitrogens with one attached hydrogen (secondary N) is 2. The largest absolute Gasteiger partial charge is 0.480 e. The molecule has 3 rings (SSSR count). The molecule has 2 heterocycles. The molecule has 2 N–H and O–H groups in total. The molecule has 0 bridgehead atoms. The third-order valence-corrected chi connectivity index (χ3v) is 2.77. The molecule has 0 amide bonds. The van der Waals surface area contributed by atoms with E-state index in [4.69, 9.17) is 4.74 Å². The van der Waals surface area contributed by atoms with Gasteiger partial charge in [-0.2, -0.15) is 5.10 Å². The van der Waals surface area contributed by atoms with Gasteiger partial charge in [-0.1, -0.05) is 30.3 Å². The summed E-state index contributed by atoms with van der Waals surface area (Å²) in [5.74, 6) is 1.77. The summed E-state index contributed by atoms with van der Waals surface area (Å²) in [5.41, 5.74) is 2.02. The van der Waals surface area contributed by atoms with E-state index in [0.717, 1.165) is 11.3 Å². The molecular weight excluding hydrogens is 254 g/mol. The van der Waals surface area contributed by atoms with Gasteiger partial charge in [0.2, 0.25) is 5.88 Å². The first kappa shape index (κ1) is 12.2. The number of hydrogen-bond acceptors (Lipinski definition) is 5. The molecule has 6 nitrogen and oxygen atoms in total. The van der Waals surface area contributed by atoms with Crippen LogP contribution in [-0.4, -0.2) is 27.5 Å². The highest BCUT2D eigenvalue weighted by molar-refractivity contribution is 5.64. The topological polar surface area (TPSA) is 75.7 Å². The van der Waals surface area contributed by atoms with Crippen molar-refractivity contribution in [1.82, 2.24) is 20.4 Å². The summed E-state index contributed by atoms with van der Waals surface area (Å²) in [5, 5.41) is 18.1. The van der Waals surface area contributed by atoms with Crippen molar-refractivity contribution >= 4 is 11.6 Å². The second-order valence-corrected chi connectivity index (χ2v) is 4.12. The zero-order chi connectivity index (χ0) is 13.8. The molecule has 3 aromatic rings. The van der Waals surface area contributed by atoms with Gasteiger partial charge in [-0.15, -0.1) is 10.2 Å². The van der Waals surface area contributed by atoms with Crippen molar-refractivity contribution in [3.05, 3.63) is 48.5 Å².